The lowest BCUT2D eigenvalue weighted by molar-refractivity contribution is 0.481. The van der Waals surface area contributed by atoms with E-state index in [2.05, 4.69) is 60.8 Å². The van der Waals surface area contributed by atoms with E-state index in [1.165, 1.54) is 11.1 Å². The predicted octanol–water partition coefficient (Wildman–Crippen LogP) is 5.46. The van der Waals surface area contributed by atoms with Gasteiger partial charge >= 0.3 is 0 Å². The van der Waals surface area contributed by atoms with Crippen molar-refractivity contribution in [1.29, 1.82) is 5.26 Å². The summed E-state index contributed by atoms with van der Waals surface area (Å²) in [4.78, 5) is 0. The van der Waals surface area contributed by atoms with Crippen molar-refractivity contribution in [3.05, 3.63) is 95.6 Å². The molecule has 0 aromatic heterocycles. The van der Waals surface area contributed by atoms with E-state index in [0.717, 1.165) is 30.9 Å². The number of rotatable bonds is 8. The molecule has 0 saturated carbocycles. The molecule has 0 aliphatic heterocycles. The molecule has 1 N–H and O–H groups in total. The number of nitrogens with zero attached hydrogens (tertiary/aromatic N) is 1. The Morgan fingerprint density at radius 3 is 2.11 bits per heavy atom. The zero-order valence-corrected chi connectivity index (χ0v) is 15.6. The molecule has 0 amide bonds. The lowest BCUT2D eigenvalue weighted by Crippen LogP contribution is -2.25. The zero-order valence-electron chi connectivity index (χ0n) is 15.6. The van der Waals surface area contributed by atoms with Crippen molar-refractivity contribution >= 4 is 0 Å². The topological polar surface area (TPSA) is 45.0 Å². The molecule has 0 heterocycles. The number of nitrogens with one attached hydrogen (secondary N) is 1. The molecule has 0 saturated heterocycles. The number of aryl methyl sites for hydroxylation is 1. The molecule has 3 rings (SSSR count). The Hall–Kier alpha value is -3.09. The highest BCUT2D eigenvalue weighted by Gasteiger charge is 2.03. The summed E-state index contributed by atoms with van der Waals surface area (Å²) in [6.45, 7) is 3.07. The van der Waals surface area contributed by atoms with E-state index in [9.17, 15) is 0 Å². The summed E-state index contributed by atoms with van der Waals surface area (Å²) in [5.74, 6) is 1.52. The highest BCUT2D eigenvalue weighted by molar-refractivity contribution is 5.37. The first kappa shape index (κ1) is 18.7. The van der Waals surface area contributed by atoms with Gasteiger partial charge in [-0.3, -0.25) is 0 Å². The Kier molecular flexibility index (Phi) is 6.62. The van der Waals surface area contributed by atoms with Crippen LogP contribution in [0.2, 0.25) is 0 Å². The van der Waals surface area contributed by atoms with Crippen LogP contribution in [0, 0.1) is 11.3 Å². The molecule has 1 atom stereocenters. The van der Waals surface area contributed by atoms with Crippen LogP contribution in [0.25, 0.3) is 0 Å². The molecule has 27 heavy (non-hydrogen) atoms. The van der Waals surface area contributed by atoms with E-state index in [1.54, 1.807) is 12.1 Å². The van der Waals surface area contributed by atoms with Gasteiger partial charge in [0.2, 0.25) is 0 Å². The van der Waals surface area contributed by atoms with Gasteiger partial charge in [-0.25, -0.2) is 0 Å². The van der Waals surface area contributed by atoms with Crippen LogP contribution in [0.5, 0.6) is 11.5 Å². The SMILES string of the molecule is CC(CCc1ccccc1)NCc1ccc(Oc2ccc(C#N)cc2)cc1. The highest BCUT2D eigenvalue weighted by Crippen LogP contribution is 2.22. The molecule has 0 fully saturated rings. The Bertz CT molecular complexity index is 865. The maximum Gasteiger partial charge on any atom is 0.127 e. The minimum Gasteiger partial charge on any atom is -0.457 e. The monoisotopic (exact) mass is 356 g/mol. The lowest BCUT2D eigenvalue weighted by Gasteiger charge is -2.14. The van der Waals surface area contributed by atoms with Crippen LogP contribution in [0.1, 0.15) is 30.0 Å². The van der Waals surface area contributed by atoms with Gasteiger partial charge in [0.05, 0.1) is 11.6 Å². The van der Waals surface area contributed by atoms with Gasteiger partial charge in [-0.05, 0) is 67.3 Å². The van der Waals surface area contributed by atoms with Crippen LogP contribution in [0.3, 0.4) is 0 Å². The minimum atomic E-state index is 0.458. The quantitative estimate of drug-likeness (QED) is 0.583. The second-order valence-electron chi connectivity index (χ2n) is 6.69. The molecule has 136 valence electrons. The van der Waals surface area contributed by atoms with E-state index in [4.69, 9.17) is 10.00 Å². The first-order valence-corrected chi connectivity index (χ1v) is 9.27. The normalized spacial score (nSPS) is 11.6. The van der Waals surface area contributed by atoms with E-state index in [0.29, 0.717) is 11.6 Å². The third-order valence-electron chi connectivity index (χ3n) is 4.51. The number of nitriles is 1. The Balaban J connectivity index is 1.45. The standard InChI is InChI=1S/C24H24N2O/c1-19(7-8-20-5-3-2-4-6-20)26-18-22-11-15-24(16-12-22)27-23-13-9-21(17-25)10-14-23/h2-6,9-16,19,26H,7-8,18H2,1H3. The predicted molar refractivity (Wildman–Crippen MR) is 109 cm³/mol. The van der Waals surface area contributed by atoms with Crippen LogP contribution in [0.4, 0.5) is 0 Å². The smallest absolute Gasteiger partial charge is 0.127 e. The largest absolute Gasteiger partial charge is 0.457 e. The third kappa shape index (κ3) is 5.99. The fourth-order valence-corrected chi connectivity index (χ4v) is 2.83. The molecule has 0 aliphatic rings. The van der Waals surface area contributed by atoms with Gasteiger partial charge < -0.3 is 10.1 Å². The fraction of sp³-hybridized carbons (Fsp3) is 0.208. The Labute approximate surface area is 161 Å². The van der Waals surface area contributed by atoms with Crippen LogP contribution in [-0.4, -0.2) is 6.04 Å². The molecule has 0 radical (unpaired) electrons. The van der Waals surface area contributed by atoms with Crippen molar-refractivity contribution < 1.29 is 4.74 Å². The first-order chi connectivity index (χ1) is 13.2. The molecular weight excluding hydrogens is 332 g/mol. The summed E-state index contributed by atoms with van der Waals surface area (Å²) < 4.78 is 5.82. The fourth-order valence-electron chi connectivity index (χ4n) is 2.83. The zero-order chi connectivity index (χ0) is 18.9. The number of ether oxygens (including phenoxy) is 1. The Morgan fingerprint density at radius 1 is 0.852 bits per heavy atom. The lowest BCUT2D eigenvalue weighted by atomic mass is 10.1. The van der Waals surface area contributed by atoms with Gasteiger partial charge in [0.15, 0.2) is 0 Å². The molecule has 0 bridgehead atoms. The third-order valence-corrected chi connectivity index (χ3v) is 4.51. The molecule has 0 spiro atoms. The van der Waals surface area contributed by atoms with Crippen molar-refractivity contribution in [2.24, 2.45) is 0 Å². The van der Waals surface area contributed by atoms with Crippen molar-refractivity contribution in [1.82, 2.24) is 5.32 Å². The van der Waals surface area contributed by atoms with E-state index < -0.39 is 0 Å². The second kappa shape index (κ2) is 9.56. The summed E-state index contributed by atoms with van der Waals surface area (Å²) >= 11 is 0. The highest BCUT2D eigenvalue weighted by atomic mass is 16.5. The first-order valence-electron chi connectivity index (χ1n) is 9.27. The van der Waals surface area contributed by atoms with Gasteiger partial charge in [0, 0.05) is 12.6 Å². The van der Waals surface area contributed by atoms with Crippen LogP contribution in [-0.2, 0) is 13.0 Å². The van der Waals surface area contributed by atoms with Gasteiger partial charge in [0.1, 0.15) is 11.5 Å². The molecule has 3 aromatic rings. The maximum absolute atomic E-state index is 8.83. The summed E-state index contributed by atoms with van der Waals surface area (Å²) in [5.41, 5.74) is 3.24. The maximum atomic E-state index is 8.83. The van der Waals surface area contributed by atoms with Crippen molar-refractivity contribution in [3.63, 3.8) is 0 Å². The molecular formula is C24H24N2O. The molecule has 0 aliphatic carbocycles. The molecule has 1 unspecified atom stereocenters. The van der Waals surface area contributed by atoms with Crippen molar-refractivity contribution in [2.45, 2.75) is 32.4 Å². The van der Waals surface area contributed by atoms with E-state index >= 15 is 0 Å². The summed E-state index contributed by atoms with van der Waals surface area (Å²) in [7, 11) is 0. The number of hydrogen-bond acceptors (Lipinski definition) is 3. The average Bonchev–Trinajstić information content (AvgIpc) is 2.73. The number of benzene rings is 3. The van der Waals surface area contributed by atoms with Crippen LogP contribution < -0.4 is 10.1 Å². The van der Waals surface area contributed by atoms with E-state index in [-0.39, 0.29) is 0 Å². The van der Waals surface area contributed by atoms with Gasteiger partial charge in [0.25, 0.3) is 0 Å². The van der Waals surface area contributed by atoms with Crippen LogP contribution in [0.15, 0.2) is 78.9 Å². The van der Waals surface area contributed by atoms with E-state index in [1.807, 2.05) is 24.3 Å². The summed E-state index contributed by atoms with van der Waals surface area (Å²) in [5, 5.41) is 12.4. The van der Waals surface area contributed by atoms with Crippen molar-refractivity contribution in [3.8, 4) is 17.6 Å². The van der Waals surface area contributed by atoms with Crippen molar-refractivity contribution in [2.75, 3.05) is 0 Å². The molecule has 3 heteroatoms. The molecule has 3 nitrogen and oxygen atoms in total. The summed E-state index contributed by atoms with van der Waals surface area (Å²) in [6.07, 6.45) is 2.20. The average molecular weight is 356 g/mol. The van der Waals surface area contributed by atoms with Gasteiger partial charge in [-0.1, -0.05) is 42.5 Å². The van der Waals surface area contributed by atoms with Crippen LogP contribution >= 0.6 is 0 Å². The Morgan fingerprint density at radius 2 is 1.48 bits per heavy atom. The summed E-state index contributed by atoms with van der Waals surface area (Å²) in [6, 6.07) is 28.4. The van der Waals surface area contributed by atoms with Gasteiger partial charge in [-0.15, -0.1) is 0 Å². The minimum absolute atomic E-state index is 0.458. The second-order valence-corrected chi connectivity index (χ2v) is 6.69. The molecule has 3 aromatic carbocycles. The van der Waals surface area contributed by atoms with Gasteiger partial charge in [-0.2, -0.15) is 5.26 Å². The number of hydrogen-bond donors (Lipinski definition) is 1.